The number of aromatic nitrogens is 4. The van der Waals surface area contributed by atoms with Crippen LogP contribution < -0.4 is 11.1 Å². The lowest BCUT2D eigenvalue weighted by Gasteiger charge is -2.28. The lowest BCUT2D eigenvalue weighted by atomic mass is 9.93. The summed E-state index contributed by atoms with van der Waals surface area (Å²) in [7, 11) is 0. The molecule has 1 fully saturated rings. The zero-order valence-electron chi connectivity index (χ0n) is 24.0. The van der Waals surface area contributed by atoms with Crippen molar-refractivity contribution in [1.82, 2.24) is 19.7 Å². The largest absolute Gasteiger partial charge is 0.401 e. The van der Waals surface area contributed by atoms with Gasteiger partial charge in [-0.05, 0) is 63.7 Å². The van der Waals surface area contributed by atoms with Crippen molar-refractivity contribution in [3.05, 3.63) is 46.2 Å². The molecule has 2 aliphatic rings. The van der Waals surface area contributed by atoms with Crippen LogP contribution in [0.2, 0.25) is 0 Å². The molecule has 1 aliphatic heterocycles. The minimum absolute atomic E-state index is 0.000983. The molecule has 3 aromatic rings. The third-order valence-corrected chi connectivity index (χ3v) is 7.98. The molecule has 43 heavy (non-hydrogen) atoms. The highest BCUT2D eigenvalue weighted by Gasteiger charge is 2.30. The molecule has 0 spiro atoms. The van der Waals surface area contributed by atoms with Crippen LogP contribution in [-0.2, 0) is 14.3 Å². The number of hydrogen-bond donors (Lipinski definition) is 2. The monoisotopic (exact) mass is 615 g/mol. The van der Waals surface area contributed by atoms with Crippen LogP contribution in [0.15, 0.2) is 28.8 Å². The zero-order chi connectivity index (χ0) is 30.7. The number of rotatable bonds is 10. The SMILES string of the molecule is CCOC1CCC(n2cc(NC(=O)c3csc(C4C=N[N+](COC(=O)C(C)(C)N)=C4)n3)c(-c3nc(F)ccc3F)n2)CC1. The molecular formula is C28H33F2N8O4S+. The summed E-state index contributed by atoms with van der Waals surface area (Å²) in [6.07, 6.45) is 8.38. The number of thiazole rings is 1. The summed E-state index contributed by atoms with van der Waals surface area (Å²) in [5.41, 5.74) is 4.65. The van der Waals surface area contributed by atoms with Crippen LogP contribution in [0, 0.1) is 11.8 Å². The van der Waals surface area contributed by atoms with Gasteiger partial charge in [0.2, 0.25) is 5.95 Å². The number of hydrogen-bond acceptors (Lipinski definition) is 10. The quantitative estimate of drug-likeness (QED) is 0.198. The molecule has 1 saturated carbocycles. The maximum atomic E-state index is 14.8. The number of hydrazone groups is 1. The Balaban J connectivity index is 1.32. The van der Waals surface area contributed by atoms with Gasteiger partial charge in [-0.2, -0.15) is 9.49 Å². The molecule has 0 radical (unpaired) electrons. The highest BCUT2D eigenvalue weighted by atomic mass is 32.1. The minimum Gasteiger partial charge on any atom is -0.401 e. The van der Waals surface area contributed by atoms with E-state index in [0.29, 0.717) is 11.6 Å². The van der Waals surface area contributed by atoms with Gasteiger partial charge in [-0.3, -0.25) is 9.48 Å². The van der Waals surface area contributed by atoms with Crippen LogP contribution in [0.25, 0.3) is 11.4 Å². The number of nitrogens with one attached hydrogen (secondary N) is 1. The van der Waals surface area contributed by atoms with Crippen LogP contribution >= 0.6 is 11.3 Å². The summed E-state index contributed by atoms with van der Waals surface area (Å²) in [6, 6.07) is 1.90. The molecule has 4 heterocycles. The van der Waals surface area contributed by atoms with E-state index in [4.69, 9.17) is 15.2 Å². The Labute approximate surface area is 250 Å². The molecule has 0 bridgehead atoms. The summed E-state index contributed by atoms with van der Waals surface area (Å²) in [6.45, 7) is 5.59. The Morgan fingerprint density at radius 2 is 1.95 bits per heavy atom. The number of halogens is 2. The van der Waals surface area contributed by atoms with Gasteiger partial charge in [0.25, 0.3) is 5.91 Å². The number of nitrogens with zero attached hydrogens (tertiary/aromatic N) is 6. The van der Waals surface area contributed by atoms with Gasteiger partial charge >= 0.3 is 12.7 Å². The highest BCUT2D eigenvalue weighted by Crippen LogP contribution is 2.34. The third-order valence-electron chi connectivity index (χ3n) is 7.04. The van der Waals surface area contributed by atoms with Crippen LogP contribution in [-0.4, -0.2) is 73.7 Å². The van der Waals surface area contributed by atoms with E-state index in [1.807, 2.05) is 6.92 Å². The summed E-state index contributed by atoms with van der Waals surface area (Å²) in [5, 5.41) is 13.7. The molecule has 0 aromatic carbocycles. The van der Waals surface area contributed by atoms with Crippen molar-refractivity contribution in [1.29, 1.82) is 0 Å². The Bertz CT molecular complexity index is 1560. The van der Waals surface area contributed by atoms with Crippen LogP contribution in [0.1, 0.15) is 73.9 Å². The average Bonchev–Trinajstić information content (AvgIpc) is 3.73. The first kappa shape index (κ1) is 30.5. The van der Waals surface area contributed by atoms with Crippen molar-refractivity contribution in [3.8, 4) is 11.4 Å². The van der Waals surface area contributed by atoms with Crippen molar-refractivity contribution in [2.45, 2.75) is 70.1 Å². The smallest absolute Gasteiger partial charge is 0.330 e. The molecule has 0 saturated heterocycles. The van der Waals surface area contributed by atoms with Crippen molar-refractivity contribution in [3.63, 3.8) is 0 Å². The lowest BCUT2D eigenvalue weighted by Crippen LogP contribution is -2.43. The zero-order valence-corrected chi connectivity index (χ0v) is 24.8. The van der Waals surface area contributed by atoms with E-state index in [2.05, 4.69) is 25.5 Å². The van der Waals surface area contributed by atoms with Crippen molar-refractivity contribution < 1.29 is 32.5 Å². The fourth-order valence-electron chi connectivity index (χ4n) is 4.81. The number of pyridine rings is 1. The Kier molecular flexibility index (Phi) is 9.03. The summed E-state index contributed by atoms with van der Waals surface area (Å²) in [5.74, 6) is -3.09. The second-order valence-electron chi connectivity index (χ2n) is 10.9. The molecule has 3 aromatic heterocycles. The molecule has 1 amide bonds. The van der Waals surface area contributed by atoms with Gasteiger partial charge in [0.1, 0.15) is 33.5 Å². The predicted octanol–water partition coefficient (Wildman–Crippen LogP) is 3.86. The summed E-state index contributed by atoms with van der Waals surface area (Å²) in [4.78, 5) is 33.4. The molecule has 1 unspecified atom stereocenters. The van der Waals surface area contributed by atoms with Gasteiger partial charge in [-0.1, -0.05) is 4.68 Å². The molecule has 228 valence electrons. The van der Waals surface area contributed by atoms with Gasteiger partial charge in [-0.25, -0.2) is 19.2 Å². The predicted molar refractivity (Wildman–Crippen MR) is 155 cm³/mol. The van der Waals surface area contributed by atoms with E-state index >= 15 is 0 Å². The van der Waals surface area contributed by atoms with E-state index in [9.17, 15) is 18.4 Å². The van der Waals surface area contributed by atoms with E-state index in [1.165, 1.54) is 16.0 Å². The number of amides is 1. The van der Waals surface area contributed by atoms with Gasteiger partial charge in [0.05, 0.1) is 24.0 Å². The van der Waals surface area contributed by atoms with Gasteiger partial charge < -0.3 is 20.5 Å². The first-order valence-electron chi connectivity index (χ1n) is 13.9. The summed E-state index contributed by atoms with van der Waals surface area (Å²) >= 11 is 1.25. The van der Waals surface area contributed by atoms with Crippen molar-refractivity contribution in [2.24, 2.45) is 10.8 Å². The van der Waals surface area contributed by atoms with E-state index in [-0.39, 0.29) is 47.6 Å². The topological polar surface area (TPSA) is 150 Å². The van der Waals surface area contributed by atoms with Gasteiger partial charge in [0.15, 0.2) is 12.0 Å². The molecular weight excluding hydrogens is 582 g/mol. The Morgan fingerprint density at radius 3 is 2.67 bits per heavy atom. The van der Waals surface area contributed by atoms with Gasteiger partial charge in [0, 0.05) is 18.2 Å². The number of anilines is 1. The van der Waals surface area contributed by atoms with Crippen molar-refractivity contribution in [2.75, 3.05) is 18.7 Å². The molecule has 5 rings (SSSR count). The van der Waals surface area contributed by atoms with Crippen LogP contribution in [0.5, 0.6) is 0 Å². The normalized spacial score (nSPS) is 20.2. The third kappa shape index (κ3) is 7.17. The molecule has 1 aliphatic carbocycles. The lowest BCUT2D eigenvalue weighted by molar-refractivity contribution is -0.560. The molecule has 15 heteroatoms. The van der Waals surface area contributed by atoms with Crippen LogP contribution in [0.4, 0.5) is 14.5 Å². The fourth-order valence-corrected chi connectivity index (χ4v) is 5.63. The van der Waals surface area contributed by atoms with Gasteiger partial charge in [-0.15, -0.1) is 11.3 Å². The standard InChI is InChI=1S/C28H32F2N8O4S/c1-4-41-18-7-5-17(6-8-18)38-13-20(24(36-38)23-19(29)9-10-22(30)35-23)33-25(39)21-14-43-26(34-21)16-11-32-37(12-16)15-42-27(40)28(2,3)31/h9-14,16-18H,4-8,15,31H2,1-3H3/p+1. The Morgan fingerprint density at radius 1 is 1.19 bits per heavy atom. The maximum Gasteiger partial charge on any atom is 0.330 e. The molecule has 12 nitrogen and oxygen atoms in total. The summed E-state index contributed by atoms with van der Waals surface area (Å²) < 4.78 is 42.8. The number of carbonyl (C=O) groups is 2. The number of esters is 1. The fraction of sp³-hybridized carbons (Fsp3) is 0.464. The van der Waals surface area contributed by atoms with E-state index < -0.39 is 29.2 Å². The van der Waals surface area contributed by atoms with Crippen molar-refractivity contribution >= 4 is 41.3 Å². The second-order valence-corrected chi connectivity index (χ2v) is 11.8. The first-order chi connectivity index (χ1) is 20.5. The first-order valence-corrected chi connectivity index (χ1v) is 14.8. The second kappa shape index (κ2) is 12.7. The minimum atomic E-state index is -1.13. The number of carbonyl (C=O) groups excluding carboxylic acids is 2. The molecule has 3 N–H and O–H groups in total. The molecule has 1 atom stereocenters. The number of nitrogens with two attached hydrogens (primary N) is 1. The van der Waals surface area contributed by atoms with Crippen LogP contribution in [0.3, 0.4) is 0 Å². The number of ether oxygens (including phenoxy) is 2. The maximum absolute atomic E-state index is 14.8. The average molecular weight is 616 g/mol. The Hall–Kier alpha value is -3.95. The van der Waals surface area contributed by atoms with E-state index in [1.54, 1.807) is 42.5 Å². The van der Waals surface area contributed by atoms with E-state index in [0.717, 1.165) is 37.8 Å². The highest BCUT2D eigenvalue weighted by molar-refractivity contribution is 7.10.